The molecule has 0 unspecified atom stereocenters. The van der Waals surface area contributed by atoms with E-state index in [2.05, 4.69) is 15.6 Å². The van der Waals surface area contributed by atoms with E-state index in [1.54, 1.807) is 0 Å². The van der Waals surface area contributed by atoms with Crippen molar-refractivity contribution in [2.75, 3.05) is 7.05 Å². The molecule has 0 bridgehead atoms. The van der Waals surface area contributed by atoms with Gasteiger partial charge < -0.3 is 10.4 Å². The smallest absolute Gasteiger partial charge is 0.358 e. The Bertz CT molecular complexity index is 445. The molecule has 0 aliphatic rings. The van der Waals surface area contributed by atoms with Crippen molar-refractivity contribution < 1.29 is 14.7 Å². The number of hydrogen-bond acceptors (Lipinski definition) is 4. The Hall–Kier alpha value is -1.92. The highest BCUT2D eigenvalue weighted by atomic mass is 16.4. The lowest BCUT2D eigenvalue weighted by atomic mass is 9.90. The summed E-state index contributed by atoms with van der Waals surface area (Å²) >= 11 is 0. The third-order valence-electron chi connectivity index (χ3n) is 2.22. The summed E-state index contributed by atoms with van der Waals surface area (Å²) in [5.41, 5.74) is -0.124. The van der Waals surface area contributed by atoms with E-state index in [9.17, 15) is 9.59 Å². The van der Waals surface area contributed by atoms with Crippen LogP contribution < -0.4 is 5.32 Å². The first-order valence-corrected chi connectivity index (χ1v) is 5.15. The summed E-state index contributed by atoms with van der Waals surface area (Å²) in [6.45, 7) is 5.50. The number of carboxylic acid groups (broad SMARTS) is 1. The average molecular weight is 240 g/mol. The number of aromatic carboxylic acids is 1. The number of nitrogens with one attached hydrogen (secondary N) is 1. The van der Waals surface area contributed by atoms with Gasteiger partial charge in [-0.3, -0.25) is 4.79 Å². The van der Waals surface area contributed by atoms with Crippen LogP contribution in [0.3, 0.4) is 0 Å². The van der Waals surface area contributed by atoms with Gasteiger partial charge in [-0.05, 0) is 0 Å². The first kappa shape index (κ1) is 13.1. The minimum Gasteiger partial charge on any atom is -0.476 e. The van der Waals surface area contributed by atoms with Gasteiger partial charge in [-0.2, -0.15) is 0 Å². The highest BCUT2D eigenvalue weighted by Crippen LogP contribution is 2.24. The van der Waals surface area contributed by atoms with Gasteiger partial charge in [0, 0.05) is 12.5 Å². The molecule has 1 rings (SSSR count). The SMILES string of the molecule is CNC(=O)Cn1nnc(C(=O)O)c1C(C)(C)C. The van der Waals surface area contributed by atoms with Crippen LogP contribution in [0.2, 0.25) is 0 Å². The molecule has 0 saturated carbocycles. The second-order valence-corrected chi connectivity index (χ2v) is 4.67. The van der Waals surface area contributed by atoms with E-state index in [1.807, 2.05) is 20.8 Å². The first-order valence-electron chi connectivity index (χ1n) is 5.15. The Balaban J connectivity index is 3.23. The summed E-state index contributed by atoms with van der Waals surface area (Å²) in [5, 5.41) is 18.8. The fourth-order valence-electron chi connectivity index (χ4n) is 1.53. The van der Waals surface area contributed by atoms with Crippen LogP contribution in [0.25, 0.3) is 0 Å². The van der Waals surface area contributed by atoms with Crippen molar-refractivity contribution in [2.24, 2.45) is 0 Å². The Labute approximate surface area is 98.8 Å². The molecule has 1 aromatic rings. The van der Waals surface area contributed by atoms with Crippen molar-refractivity contribution in [3.05, 3.63) is 11.4 Å². The van der Waals surface area contributed by atoms with Crippen LogP contribution in [-0.4, -0.2) is 39.0 Å². The van der Waals surface area contributed by atoms with Crippen LogP contribution in [0, 0.1) is 0 Å². The summed E-state index contributed by atoms with van der Waals surface area (Å²) < 4.78 is 1.32. The molecule has 94 valence electrons. The number of carbonyl (C=O) groups excluding carboxylic acids is 1. The molecule has 0 atom stereocenters. The highest BCUT2D eigenvalue weighted by molar-refractivity contribution is 5.87. The number of hydrogen-bond donors (Lipinski definition) is 2. The summed E-state index contributed by atoms with van der Waals surface area (Å²) in [7, 11) is 1.51. The number of carbonyl (C=O) groups is 2. The average Bonchev–Trinajstić information content (AvgIpc) is 2.60. The molecule has 2 N–H and O–H groups in total. The van der Waals surface area contributed by atoms with Crippen LogP contribution in [-0.2, 0) is 16.8 Å². The molecule has 0 saturated heterocycles. The Morgan fingerprint density at radius 1 is 1.41 bits per heavy atom. The summed E-state index contributed by atoms with van der Waals surface area (Å²) in [5.74, 6) is -1.39. The van der Waals surface area contributed by atoms with Gasteiger partial charge in [-0.25, -0.2) is 9.48 Å². The van der Waals surface area contributed by atoms with E-state index in [0.29, 0.717) is 5.69 Å². The lowest BCUT2D eigenvalue weighted by Crippen LogP contribution is -2.28. The number of carboxylic acids is 1. The summed E-state index contributed by atoms with van der Waals surface area (Å²) in [6.07, 6.45) is 0. The Kier molecular flexibility index (Phi) is 3.50. The van der Waals surface area contributed by atoms with E-state index in [-0.39, 0.29) is 18.1 Å². The highest BCUT2D eigenvalue weighted by Gasteiger charge is 2.29. The maximum Gasteiger partial charge on any atom is 0.358 e. The predicted molar refractivity (Wildman–Crippen MR) is 59.7 cm³/mol. The minimum absolute atomic E-state index is 0.0383. The lowest BCUT2D eigenvalue weighted by molar-refractivity contribution is -0.121. The van der Waals surface area contributed by atoms with Crippen molar-refractivity contribution in [2.45, 2.75) is 32.7 Å². The standard InChI is InChI=1S/C10H16N4O3/c1-10(2,3)8-7(9(16)17)12-13-14(8)5-6(15)11-4/h5H2,1-4H3,(H,11,15)(H,16,17). The van der Waals surface area contributed by atoms with Crippen LogP contribution >= 0.6 is 0 Å². The van der Waals surface area contributed by atoms with Gasteiger partial charge >= 0.3 is 5.97 Å². The molecule has 0 fully saturated rings. The Morgan fingerprint density at radius 3 is 2.41 bits per heavy atom. The zero-order valence-corrected chi connectivity index (χ0v) is 10.3. The Morgan fingerprint density at radius 2 is 2.00 bits per heavy atom. The maximum absolute atomic E-state index is 11.3. The molecular formula is C10H16N4O3. The number of aromatic nitrogens is 3. The molecule has 7 nitrogen and oxygen atoms in total. The van der Waals surface area contributed by atoms with Gasteiger partial charge in [-0.1, -0.05) is 26.0 Å². The minimum atomic E-state index is -1.14. The van der Waals surface area contributed by atoms with Crippen molar-refractivity contribution in [3.8, 4) is 0 Å². The third kappa shape index (κ3) is 2.80. The van der Waals surface area contributed by atoms with Gasteiger partial charge in [0.15, 0.2) is 5.69 Å². The monoisotopic (exact) mass is 240 g/mol. The van der Waals surface area contributed by atoms with E-state index >= 15 is 0 Å². The normalized spacial score (nSPS) is 11.3. The molecular weight excluding hydrogens is 224 g/mol. The predicted octanol–water partition coefficient (Wildman–Crippen LogP) is 0.0198. The van der Waals surface area contributed by atoms with Crippen molar-refractivity contribution in [3.63, 3.8) is 0 Å². The van der Waals surface area contributed by atoms with E-state index < -0.39 is 11.4 Å². The molecule has 0 aromatic carbocycles. The number of amides is 1. The van der Waals surface area contributed by atoms with Gasteiger partial charge in [0.2, 0.25) is 5.91 Å². The van der Waals surface area contributed by atoms with E-state index in [1.165, 1.54) is 11.7 Å². The summed E-state index contributed by atoms with van der Waals surface area (Å²) in [4.78, 5) is 22.3. The molecule has 0 aliphatic heterocycles. The zero-order valence-electron chi connectivity index (χ0n) is 10.3. The van der Waals surface area contributed by atoms with E-state index in [4.69, 9.17) is 5.11 Å². The first-order chi connectivity index (χ1) is 7.77. The van der Waals surface area contributed by atoms with Crippen LogP contribution in [0.15, 0.2) is 0 Å². The second kappa shape index (κ2) is 4.52. The fourth-order valence-corrected chi connectivity index (χ4v) is 1.53. The van der Waals surface area contributed by atoms with Crippen LogP contribution in [0.5, 0.6) is 0 Å². The molecule has 1 heterocycles. The topological polar surface area (TPSA) is 97.1 Å². The van der Waals surface area contributed by atoms with Gasteiger partial charge in [0.05, 0.1) is 5.69 Å². The number of nitrogens with zero attached hydrogens (tertiary/aromatic N) is 3. The zero-order chi connectivity index (χ0) is 13.2. The maximum atomic E-state index is 11.3. The second-order valence-electron chi connectivity index (χ2n) is 4.67. The van der Waals surface area contributed by atoms with E-state index in [0.717, 1.165) is 0 Å². The molecule has 1 amide bonds. The quantitative estimate of drug-likeness (QED) is 0.776. The number of likely N-dealkylation sites (N-methyl/N-ethyl adjacent to an activating group) is 1. The van der Waals surface area contributed by atoms with Crippen molar-refractivity contribution in [1.82, 2.24) is 20.3 Å². The molecule has 17 heavy (non-hydrogen) atoms. The van der Waals surface area contributed by atoms with Crippen LogP contribution in [0.4, 0.5) is 0 Å². The van der Waals surface area contributed by atoms with Gasteiger partial charge in [0.1, 0.15) is 6.54 Å². The largest absolute Gasteiger partial charge is 0.476 e. The van der Waals surface area contributed by atoms with Crippen LogP contribution in [0.1, 0.15) is 37.0 Å². The molecule has 0 spiro atoms. The van der Waals surface area contributed by atoms with Gasteiger partial charge in [-0.15, -0.1) is 5.10 Å². The van der Waals surface area contributed by atoms with Crippen molar-refractivity contribution in [1.29, 1.82) is 0 Å². The van der Waals surface area contributed by atoms with Crippen molar-refractivity contribution >= 4 is 11.9 Å². The molecule has 7 heteroatoms. The third-order valence-corrected chi connectivity index (χ3v) is 2.22. The fraction of sp³-hybridized carbons (Fsp3) is 0.600. The molecule has 0 radical (unpaired) electrons. The van der Waals surface area contributed by atoms with Gasteiger partial charge in [0.25, 0.3) is 0 Å². The molecule has 0 aliphatic carbocycles. The molecule has 1 aromatic heterocycles. The lowest BCUT2D eigenvalue weighted by Gasteiger charge is -2.19. The summed E-state index contributed by atoms with van der Waals surface area (Å²) in [6, 6.07) is 0. The number of rotatable bonds is 3.